The van der Waals surface area contributed by atoms with Crippen LogP contribution in [0, 0.1) is 11.3 Å². The van der Waals surface area contributed by atoms with Crippen LogP contribution in [0.15, 0.2) is 53.5 Å². The van der Waals surface area contributed by atoms with Crippen molar-refractivity contribution in [3.63, 3.8) is 0 Å². The smallest absolute Gasteiger partial charge is 0.194 e. The maximum absolute atomic E-state index is 9.00. The summed E-state index contributed by atoms with van der Waals surface area (Å²) in [5.41, 5.74) is 2.86. The maximum atomic E-state index is 9.00. The summed E-state index contributed by atoms with van der Waals surface area (Å²) in [5.74, 6) is 1.69. The van der Waals surface area contributed by atoms with E-state index in [4.69, 9.17) is 10.00 Å². The molecule has 0 aliphatic rings. The minimum atomic E-state index is 0.533. The van der Waals surface area contributed by atoms with E-state index in [1.54, 1.807) is 13.2 Å². The van der Waals surface area contributed by atoms with Crippen molar-refractivity contribution in [1.29, 1.82) is 5.26 Å². The predicted molar refractivity (Wildman–Crippen MR) is 100 cm³/mol. The van der Waals surface area contributed by atoms with E-state index in [0.717, 1.165) is 30.4 Å². The van der Waals surface area contributed by atoms with Gasteiger partial charge >= 0.3 is 0 Å². The third-order valence-electron chi connectivity index (χ3n) is 3.74. The lowest BCUT2D eigenvalue weighted by Gasteiger charge is -2.22. The molecular weight excluding hydrogens is 312 g/mol. The van der Waals surface area contributed by atoms with Gasteiger partial charge in [-0.05, 0) is 42.3 Å². The van der Waals surface area contributed by atoms with Gasteiger partial charge in [0.25, 0.3) is 0 Å². The zero-order chi connectivity index (χ0) is 18.1. The van der Waals surface area contributed by atoms with Gasteiger partial charge in [-0.15, -0.1) is 0 Å². The molecule has 0 radical (unpaired) electrons. The molecule has 25 heavy (non-hydrogen) atoms. The van der Waals surface area contributed by atoms with E-state index in [1.165, 1.54) is 5.56 Å². The van der Waals surface area contributed by atoms with Crippen molar-refractivity contribution in [1.82, 2.24) is 10.2 Å². The molecule has 2 rings (SSSR count). The highest BCUT2D eigenvalue weighted by Crippen LogP contribution is 2.13. The zero-order valence-electron chi connectivity index (χ0n) is 15.0. The number of methoxy groups -OCH3 is 1. The van der Waals surface area contributed by atoms with Crippen LogP contribution in [-0.4, -0.2) is 31.6 Å². The lowest BCUT2D eigenvalue weighted by atomic mass is 10.1. The van der Waals surface area contributed by atoms with Gasteiger partial charge < -0.3 is 15.0 Å². The second-order valence-electron chi connectivity index (χ2n) is 5.69. The Hall–Kier alpha value is -3.00. The molecule has 0 atom stereocenters. The van der Waals surface area contributed by atoms with Crippen molar-refractivity contribution in [3.8, 4) is 11.8 Å². The highest BCUT2D eigenvalue weighted by molar-refractivity contribution is 5.79. The molecule has 0 heterocycles. The number of hydrogen-bond acceptors (Lipinski definition) is 3. The fourth-order valence-electron chi connectivity index (χ4n) is 2.45. The third kappa shape index (κ3) is 5.54. The van der Waals surface area contributed by atoms with Crippen LogP contribution in [0.4, 0.5) is 0 Å². The lowest BCUT2D eigenvalue weighted by molar-refractivity contribution is 0.414. The lowest BCUT2D eigenvalue weighted by Crippen LogP contribution is -2.38. The molecule has 0 aliphatic carbocycles. The molecule has 0 unspecified atom stereocenters. The molecule has 0 saturated carbocycles. The Bertz CT molecular complexity index is 747. The Morgan fingerprint density at radius 3 is 2.60 bits per heavy atom. The largest absolute Gasteiger partial charge is 0.497 e. The number of aliphatic imine (C=N–C) groups is 1. The van der Waals surface area contributed by atoms with Gasteiger partial charge in [-0.3, -0.25) is 0 Å². The maximum Gasteiger partial charge on any atom is 0.194 e. The van der Waals surface area contributed by atoms with Gasteiger partial charge in [-0.2, -0.15) is 5.26 Å². The van der Waals surface area contributed by atoms with Crippen LogP contribution in [0.2, 0.25) is 0 Å². The van der Waals surface area contributed by atoms with Crippen LogP contribution >= 0.6 is 0 Å². The van der Waals surface area contributed by atoms with Crippen LogP contribution in [0.3, 0.4) is 0 Å². The molecule has 0 spiro atoms. The number of nitrogens with one attached hydrogen (secondary N) is 1. The van der Waals surface area contributed by atoms with Crippen molar-refractivity contribution < 1.29 is 4.74 Å². The Labute approximate surface area is 149 Å². The SMILES string of the molecule is CCNC(=NCc1cccc(C#N)c1)N(C)Cc1ccc(OC)cc1. The summed E-state index contributed by atoms with van der Waals surface area (Å²) in [6, 6.07) is 17.7. The van der Waals surface area contributed by atoms with E-state index in [-0.39, 0.29) is 0 Å². The Morgan fingerprint density at radius 2 is 1.96 bits per heavy atom. The molecule has 2 aromatic carbocycles. The monoisotopic (exact) mass is 336 g/mol. The number of hydrogen-bond donors (Lipinski definition) is 1. The van der Waals surface area contributed by atoms with Crippen LogP contribution in [0.1, 0.15) is 23.6 Å². The van der Waals surface area contributed by atoms with Gasteiger partial charge in [0.2, 0.25) is 0 Å². The molecule has 5 heteroatoms. The predicted octanol–water partition coefficient (Wildman–Crippen LogP) is 3.16. The van der Waals surface area contributed by atoms with Crippen molar-refractivity contribution in [2.45, 2.75) is 20.0 Å². The molecule has 0 fully saturated rings. The van der Waals surface area contributed by atoms with Gasteiger partial charge in [0.05, 0.1) is 25.3 Å². The molecular formula is C20H24N4O. The fraction of sp³-hybridized carbons (Fsp3) is 0.300. The summed E-state index contributed by atoms with van der Waals surface area (Å²) in [6.45, 7) is 4.12. The molecule has 2 aromatic rings. The molecule has 0 saturated heterocycles. The van der Waals surface area contributed by atoms with Gasteiger partial charge in [0, 0.05) is 20.1 Å². The number of nitrogens with zero attached hydrogens (tertiary/aromatic N) is 3. The molecule has 130 valence electrons. The number of nitriles is 1. The molecule has 0 amide bonds. The van der Waals surface area contributed by atoms with Crippen LogP contribution in [0.5, 0.6) is 5.75 Å². The van der Waals surface area contributed by atoms with E-state index < -0.39 is 0 Å². The topological polar surface area (TPSA) is 60.7 Å². The van der Waals surface area contributed by atoms with Crippen LogP contribution in [0.25, 0.3) is 0 Å². The highest BCUT2D eigenvalue weighted by Gasteiger charge is 2.07. The summed E-state index contributed by atoms with van der Waals surface area (Å²) < 4.78 is 5.19. The van der Waals surface area contributed by atoms with E-state index >= 15 is 0 Å². The van der Waals surface area contributed by atoms with Crippen molar-refractivity contribution in [3.05, 3.63) is 65.2 Å². The van der Waals surface area contributed by atoms with Crippen LogP contribution in [-0.2, 0) is 13.1 Å². The van der Waals surface area contributed by atoms with Crippen molar-refractivity contribution in [2.24, 2.45) is 4.99 Å². The van der Waals surface area contributed by atoms with Gasteiger partial charge in [-0.1, -0.05) is 24.3 Å². The molecule has 0 bridgehead atoms. The summed E-state index contributed by atoms with van der Waals surface area (Å²) in [4.78, 5) is 6.77. The second kappa shape index (κ2) is 9.33. The van der Waals surface area contributed by atoms with E-state index in [9.17, 15) is 0 Å². The minimum absolute atomic E-state index is 0.533. The Morgan fingerprint density at radius 1 is 1.20 bits per heavy atom. The first-order valence-corrected chi connectivity index (χ1v) is 8.27. The minimum Gasteiger partial charge on any atom is -0.497 e. The average Bonchev–Trinajstić information content (AvgIpc) is 2.65. The number of benzene rings is 2. The highest BCUT2D eigenvalue weighted by atomic mass is 16.5. The van der Waals surface area contributed by atoms with E-state index in [0.29, 0.717) is 12.1 Å². The second-order valence-corrected chi connectivity index (χ2v) is 5.69. The van der Waals surface area contributed by atoms with Crippen LogP contribution < -0.4 is 10.1 Å². The first kappa shape index (κ1) is 18.3. The van der Waals surface area contributed by atoms with Gasteiger partial charge in [0.15, 0.2) is 5.96 Å². The summed E-state index contributed by atoms with van der Waals surface area (Å²) in [7, 11) is 3.68. The first-order chi connectivity index (χ1) is 12.2. The molecule has 1 N–H and O–H groups in total. The summed E-state index contributed by atoms with van der Waals surface area (Å²) >= 11 is 0. The fourth-order valence-corrected chi connectivity index (χ4v) is 2.45. The number of ether oxygens (including phenoxy) is 1. The Balaban J connectivity index is 2.07. The van der Waals surface area contributed by atoms with Crippen molar-refractivity contribution in [2.75, 3.05) is 20.7 Å². The van der Waals surface area contributed by atoms with E-state index in [2.05, 4.69) is 33.4 Å². The normalized spacial score (nSPS) is 10.9. The molecule has 5 nitrogen and oxygen atoms in total. The van der Waals surface area contributed by atoms with E-state index in [1.807, 2.05) is 44.3 Å². The summed E-state index contributed by atoms with van der Waals surface area (Å²) in [5, 5.41) is 12.3. The quantitative estimate of drug-likeness (QED) is 0.650. The first-order valence-electron chi connectivity index (χ1n) is 8.27. The third-order valence-corrected chi connectivity index (χ3v) is 3.74. The standard InChI is InChI=1S/C20H24N4O/c1-4-22-20(23-14-18-7-5-6-17(12-18)13-21)24(2)15-16-8-10-19(25-3)11-9-16/h5-12H,4,14-15H2,1-3H3,(H,22,23). The zero-order valence-corrected chi connectivity index (χ0v) is 15.0. The number of guanidine groups is 1. The molecule has 0 aromatic heterocycles. The van der Waals surface area contributed by atoms with Gasteiger partial charge in [0.1, 0.15) is 5.75 Å². The average molecular weight is 336 g/mol. The summed E-state index contributed by atoms with van der Waals surface area (Å²) in [6.07, 6.45) is 0. The number of rotatable bonds is 6. The van der Waals surface area contributed by atoms with Gasteiger partial charge in [-0.25, -0.2) is 4.99 Å². The Kier molecular flexibility index (Phi) is 6.85. The molecule has 0 aliphatic heterocycles. The van der Waals surface area contributed by atoms with Crippen molar-refractivity contribution >= 4 is 5.96 Å².